The number of ether oxygens (including phenoxy) is 5. The Bertz CT molecular complexity index is 2690. The summed E-state index contributed by atoms with van der Waals surface area (Å²) in [6.07, 6.45) is -1.78. The third kappa shape index (κ3) is 8.57. The van der Waals surface area contributed by atoms with E-state index in [4.69, 9.17) is 23.7 Å². The highest BCUT2D eigenvalue weighted by Gasteiger charge is 2.76. The number of benzene rings is 5. The summed E-state index contributed by atoms with van der Waals surface area (Å²) < 4.78 is 29.0. The van der Waals surface area contributed by atoms with E-state index in [0.29, 0.717) is 54.4 Å². The van der Waals surface area contributed by atoms with Gasteiger partial charge in [-0.1, -0.05) is 84.6 Å². The largest absolute Gasteiger partial charge is 0.491 e. The van der Waals surface area contributed by atoms with Crippen LogP contribution in [0.5, 0.6) is 5.75 Å². The second-order valence-electron chi connectivity index (χ2n) is 16.8. The molecule has 4 aliphatic heterocycles. The van der Waals surface area contributed by atoms with E-state index in [1.807, 2.05) is 77.7 Å². The van der Waals surface area contributed by atoms with Crippen LogP contribution in [0.1, 0.15) is 52.4 Å². The van der Waals surface area contributed by atoms with E-state index < -0.39 is 59.4 Å². The van der Waals surface area contributed by atoms with Crippen LogP contribution in [0.25, 0.3) is 0 Å². The molecule has 6 atom stereocenters. The Labute approximate surface area is 394 Å². The molecule has 5 aromatic carbocycles. The van der Waals surface area contributed by atoms with Gasteiger partial charge in [-0.3, -0.25) is 19.3 Å². The van der Waals surface area contributed by atoms with Crippen LogP contribution in [-0.4, -0.2) is 111 Å². The number of methoxy groups -OCH3 is 1. The predicted molar refractivity (Wildman–Crippen MR) is 251 cm³/mol. The Kier molecular flexibility index (Phi) is 13.8. The molecule has 9 rings (SSSR count). The smallest absolute Gasteiger partial charge is 0.421 e. The van der Waals surface area contributed by atoms with E-state index in [-0.39, 0.29) is 50.7 Å². The third-order valence-corrected chi connectivity index (χ3v) is 13.0. The number of nitrogens with one attached hydrogen (secondary N) is 1. The summed E-state index contributed by atoms with van der Waals surface area (Å²) in [6.45, 7) is 1.96. The summed E-state index contributed by atoms with van der Waals surface area (Å²) in [6, 6.07) is 34.6. The first kappa shape index (κ1) is 46.1. The van der Waals surface area contributed by atoms with Crippen molar-refractivity contribution in [3.8, 4) is 17.6 Å². The van der Waals surface area contributed by atoms with Gasteiger partial charge >= 0.3 is 12.1 Å². The number of aliphatic hydroxyl groups is 2. The van der Waals surface area contributed by atoms with Crippen LogP contribution in [0.3, 0.4) is 0 Å². The van der Waals surface area contributed by atoms with Gasteiger partial charge in [0.1, 0.15) is 36.5 Å². The topological polar surface area (TPSA) is 177 Å². The van der Waals surface area contributed by atoms with Gasteiger partial charge in [-0.15, -0.1) is 0 Å². The van der Waals surface area contributed by atoms with E-state index in [0.717, 1.165) is 16.2 Å². The zero-order valence-electron chi connectivity index (χ0n) is 37.5. The van der Waals surface area contributed by atoms with Crippen molar-refractivity contribution in [2.75, 3.05) is 81.6 Å². The lowest BCUT2D eigenvalue weighted by atomic mass is 9.65. The first-order chi connectivity index (χ1) is 33.3. The van der Waals surface area contributed by atoms with Crippen molar-refractivity contribution < 1.29 is 53.1 Å². The first-order valence-corrected chi connectivity index (χ1v) is 22.7. The number of hydrogen-bond acceptors (Lipinski definition) is 13. The molecule has 68 heavy (non-hydrogen) atoms. The Balaban J connectivity index is 1.32. The highest BCUT2D eigenvalue weighted by Crippen LogP contribution is 2.66. The number of hydrogen-bond donors (Lipinski definition) is 3. The molecule has 3 amide bonds. The number of nitrogens with zero attached hydrogens (tertiary/aromatic N) is 3. The molecule has 15 heteroatoms. The van der Waals surface area contributed by atoms with Crippen LogP contribution in [-0.2, 0) is 38.7 Å². The molecule has 3 N–H and O–H groups in total. The third-order valence-electron chi connectivity index (χ3n) is 13.0. The maximum atomic E-state index is 16.4. The zero-order valence-corrected chi connectivity index (χ0v) is 37.5. The van der Waals surface area contributed by atoms with Crippen LogP contribution >= 0.6 is 0 Å². The lowest BCUT2D eigenvalue weighted by molar-refractivity contribution is -0.177. The summed E-state index contributed by atoms with van der Waals surface area (Å²) >= 11 is 0. The van der Waals surface area contributed by atoms with Crippen molar-refractivity contribution >= 4 is 40.9 Å². The van der Waals surface area contributed by atoms with Crippen LogP contribution in [0, 0.1) is 17.8 Å². The molecule has 0 aliphatic carbocycles. The molecular formula is C53H52N4O11. The summed E-state index contributed by atoms with van der Waals surface area (Å²) in [5.74, 6) is 2.59. The molecule has 0 radical (unpaired) electrons. The molecule has 0 saturated carbocycles. The number of fused-ring (bicyclic) bond motifs is 3. The van der Waals surface area contributed by atoms with Crippen molar-refractivity contribution in [3.63, 3.8) is 0 Å². The number of esters is 1. The Morgan fingerprint density at radius 1 is 0.794 bits per heavy atom. The number of anilines is 3. The van der Waals surface area contributed by atoms with Gasteiger partial charge in [0.25, 0.3) is 0 Å². The van der Waals surface area contributed by atoms with E-state index in [2.05, 4.69) is 22.1 Å². The fraction of sp³-hybridized carbons (Fsp3) is 0.321. The number of carbonyl (C=O) groups is 4. The number of morpholine rings is 2. The van der Waals surface area contributed by atoms with Crippen LogP contribution < -0.4 is 19.9 Å². The molecule has 0 aromatic heterocycles. The monoisotopic (exact) mass is 920 g/mol. The van der Waals surface area contributed by atoms with Gasteiger partial charge in [0.05, 0.1) is 56.7 Å². The molecule has 3 fully saturated rings. The predicted octanol–water partition coefficient (Wildman–Crippen LogP) is 5.72. The minimum atomic E-state index is -2.08. The molecular weight excluding hydrogens is 869 g/mol. The van der Waals surface area contributed by atoms with Crippen molar-refractivity contribution in [1.29, 1.82) is 0 Å². The Hall–Kier alpha value is -7.06. The molecule has 3 saturated heterocycles. The lowest BCUT2D eigenvalue weighted by Gasteiger charge is -2.46. The number of carbonyl (C=O) groups excluding carboxylic acids is 4. The average molecular weight is 921 g/mol. The molecule has 0 unspecified atom stereocenters. The average Bonchev–Trinajstić information content (AvgIpc) is 3.83. The van der Waals surface area contributed by atoms with Crippen molar-refractivity contribution in [1.82, 2.24) is 4.90 Å². The van der Waals surface area contributed by atoms with Gasteiger partial charge < -0.3 is 44.1 Å². The maximum Gasteiger partial charge on any atom is 0.421 e. The van der Waals surface area contributed by atoms with Gasteiger partial charge in [-0.2, -0.15) is 0 Å². The molecule has 15 nitrogen and oxygen atoms in total. The standard InChI is InChI=1S/C53H52N4O11/c1-64-31-32-67-52(63)56-43-23-18-35(11-8-9-26-58)33-42(43)53(51(56)62)44(49(60)54-39-19-21-40(22-20-39)55-24-28-65-29-25-55)46-50(61)68-47(37-14-6-3-7-15-37)45(36-12-4-2-5-13-36)57(46)48(53)38-16-10-17-41(34-38)66-30-27-59/h2-7,10,12-23,33-34,44-48,58-59H,9,24-32H2,1H3,(H,54,60)/t44-,45-,46-,47+,48+,53-/m1/s1. The summed E-state index contributed by atoms with van der Waals surface area (Å²) in [7, 11) is 1.46. The second kappa shape index (κ2) is 20.4. The quantitative estimate of drug-likeness (QED) is 0.0744. The molecule has 4 heterocycles. The second-order valence-corrected chi connectivity index (χ2v) is 16.8. The van der Waals surface area contributed by atoms with E-state index in [1.165, 1.54) is 7.11 Å². The van der Waals surface area contributed by atoms with E-state index in [9.17, 15) is 15.0 Å². The van der Waals surface area contributed by atoms with Gasteiger partial charge in [-0.05, 0) is 76.9 Å². The number of cyclic esters (lactones) is 1. The van der Waals surface area contributed by atoms with Gasteiger partial charge in [-0.25, -0.2) is 9.69 Å². The van der Waals surface area contributed by atoms with E-state index in [1.54, 1.807) is 54.6 Å². The number of imide groups is 1. The molecule has 1 spiro atoms. The highest BCUT2D eigenvalue weighted by molar-refractivity contribution is 6.24. The Morgan fingerprint density at radius 3 is 2.22 bits per heavy atom. The van der Waals surface area contributed by atoms with Gasteiger partial charge in [0.15, 0.2) is 0 Å². The maximum absolute atomic E-state index is 16.4. The first-order valence-electron chi connectivity index (χ1n) is 22.7. The summed E-state index contributed by atoms with van der Waals surface area (Å²) in [5.41, 5.74) is 1.97. The summed E-state index contributed by atoms with van der Waals surface area (Å²) in [4.78, 5) is 67.2. The van der Waals surface area contributed by atoms with Crippen molar-refractivity contribution in [2.45, 2.75) is 36.1 Å². The Morgan fingerprint density at radius 2 is 1.51 bits per heavy atom. The minimum absolute atomic E-state index is 0.0330. The molecule has 350 valence electrons. The zero-order chi connectivity index (χ0) is 47.2. The van der Waals surface area contributed by atoms with E-state index >= 15 is 14.4 Å². The number of aliphatic hydroxyl groups excluding tert-OH is 2. The van der Waals surface area contributed by atoms with Gasteiger partial charge in [0.2, 0.25) is 11.8 Å². The molecule has 0 bridgehead atoms. The SMILES string of the molecule is COCCOC(=O)N1C(=O)[C@@]2(c3cc(C#CCCO)ccc31)[C@H](c1cccc(OCCO)c1)N1[C@H](c3ccccc3)[C@H](c3ccccc3)OC(=O)[C@H]1[C@@H]2C(=O)Nc1ccc(N2CCOCC2)cc1. The minimum Gasteiger partial charge on any atom is -0.491 e. The fourth-order valence-corrected chi connectivity index (χ4v) is 10.2. The fourth-order valence-electron chi connectivity index (χ4n) is 10.2. The van der Waals surface area contributed by atoms with Gasteiger partial charge in [0, 0.05) is 43.6 Å². The van der Waals surface area contributed by atoms with Crippen molar-refractivity contribution in [2.24, 2.45) is 5.92 Å². The van der Waals surface area contributed by atoms with Crippen molar-refractivity contribution in [3.05, 3.63) is 155 Å². The number of amides is 3. The normalized spacial score (nSPS) is 23.0. The van der Waals surface area contributed by atoms with Crippen LogP contribution in [0.2, 0.25) is 0 Å². The molecule has 5 aromatic rings. The van der Waals surface area contributed by atoms with Crippen LogP contribution in [0.15, 0.2) is 127 Å². The molecule has 4 aliphatic rings. The number of rotatable bonds is 13. The van der Waals surface area contributed by atoms with Crippen LogP contribution in [0.4, 0.5) is 21.9 Å². The summed E-state index contributed by atoms with van der Waals surface area (Å²) in [5, 5.41) is 22.5. The lowest BCUT2D eigenvalue weighted by Crippen LogP contribution is -2.54. The highest BCUT2D eigenvalue weighted by atomic mass is 16.6.